The summed E-state index contributed by atoms with van der Waals surface area (Å²) in [4.78, 5) is 5.37. The molecular weight excluding hydrogens is 294 g/mol. The van der Waals surface area contributed by atoms with Gasteiger partial charge in [-0.25, -0.2) is 4.98 Å². The van der Waals surface area contributed by atoms with Crippen LogP contribution in [0.1, 0.15) is 10.7 Å². The summed E-state index contributed by atoms with van der Waals surface area (Å²) >= 11 is 7.49. The van der Waals surface area contributed by atoms with Gasteiger partial charge in [-0.3, -0.25) is 0 Å². The molecule has 0 saturated heterocycles. The first kappa shape index (κ1) is 13.1. The molecule has 0 aliphatic carbocycles. The Bertz CT molecular complexity index is 761. The lowest BCUT2D eigenvalue weighted by molar-refractivity contribution is 0.436. The van der Waals surface area contributed by atoms with Crippen LogP contribution >= 0.6 is 22.9 Å². The molecular formula is C14H12ClN3OS. The monoisotopic (exact) mass is 305 g/mol. The van der Waals surface area contributed by atoms with Crippen molar-refractivity contribution in [2.75, 3.05) is 5.73 Å². The number of hydrogen-bond donors (Lipinski definition) is 1. The summed E-state index contributed by atoms with van der Waals surface area (Å²) in [6.07, 6.45) is 0. The topological polar surface area (TPSA) is 64.9 Å². The van der Waals surface area contributed by atoms with Crippen LogP contribution in [0.4, 0.5) is 5.82 Å². The third kappa shape index (κ3) is 2.19. The fourth-order valence-corrected chi connectivity index (χ4v) is 3.12. The summed E-state index contributed by atoms with van der Waals surface area (Å²) < 4.78 is 5.42. The first-order chi connectivity index (χ1) is 9.56. The molecule has 0 aliphatic rings. The summed E-state index contributed by atoms with van der Waals surface area (Å²) in [7, 11) is 0. The van der Waals surface area contributed by atoms with Crippen molar-refractivity contribution >= 4 is 28.8 Å². The highest BCUT2D eigenvalue weighted by Gasteiger charge is 2.21. The van der Waals surface area contributed by atoms with Crippen LogP contribution in [0.5, 0.6) is 0 Å². The van der Waals surface area contributed by atoms with E-state index >= 15 is 0 Å². The van der Waals surface area contributed by atoms with E-state index in [-0.39, 0.29) is 0 Å². The van der Waals surface area contributed by atoms with Gasteiger partial charge in [0.05, 0.1) is 21.1 Å². The van der Waals surface area contributed by atoms with E-state index in [9.17, 15) is 0 Å². The quantitative estimate of drug-likeness (QED) is 0.766. The van der Waals surface area contributed by atoms with E-state index in [1.54, 1.807) is 11.3 Å². The molecule has 0 atom stereocenters. The van der Waals surface area contributed by atoms with Crippen LogP contribution in [0.3, 0.4) is 0 Å². The van der Waals surface area contributed by atoms with E-state index < -0.39 is 0 Å². The third-order valence-electron chi connectivity index (χ3n) is 2.96. The molecule has 1 aromatic carbocycles. The van der Waals surface area contributed by atoms with Gasteiger partial charge in [0.2, 0.25) is 0 Å². The number of benzene rings is 1. The number of aromatic nitrogens is 2. The van der Waals surface area contributed by atoms with Gasteiger partial charge >= 0.3 is 0 Å². The van der Waals surface area contributed by atoms with Crippen molar-refractivity contribution in [3.8, 4) is 21.8 Å². The molecule has 0 radical (unpaired) electrons. The number of hydrogen-bond acceptors (Lipinski definition) is 5. The van der Waals surface area contributed by atoms with E-state index in [1.165, 1.54) is 0 Å². The van der Waals surface area contributed by atoms with Crippen molar-refractivity contribution < 1.29 is 4.52 Å². The fourth-order valence-electron chi connectivity index (χ4n) is 2.09. The molecule has 0 spiro atoms. The molecule has 2 heterocycles. The minimum Gasteiger partial charge on any atom is -0.380 e. The number of thiazole rings is 1. The molecule has 0 unspecified atom stereocenters. The van der Waals surface area contributed by atoms with Crippen LogP contribution in [0.15, 0.2) is 28.8 Å². The van der Waals surface area contributed by atoms with Crippen LogP contribution in [0.25, 0.3) is 21.8 Å². The number of halogens is 1. The molecule has 2 aromatic heterocycles. The Morgan fingerprint density at radius 2 is 1.90 bits per heavy atom. The molecule has 4 nitrogen and oxygen atoms in total. The van der Waals surface area contributed by atoms with Gasteiger partial charge in [0, 0.05) is 5.02 Å². The van der Waals surface area contributed by atoms with E-state index in [2.05, 4.69) is 10.1 Å². The van der Waals surface area contributed by atoms with Gasteiger partial charge in [0.1, 0.15) is 0 Å². The molecule has 0 saturated carbocycles. The Hall–Kier alpha value is -1.85. The van der Waals surface area contributed by atoms with E-state index in [4.69, 9.17) is 21.9 Å². The highest BCUT2D eigenvalue weighted by Crippen LogP contribution is 2.40. The SMILES string of the molecule is Cc1nc(C)c(-c2onc(N)c2-c2ccc(Cl)cc2)s1. The maximum absolute atomic E-state index is 5.95. The van der Waals surface area contributed by atoms with Gasteiger partial charge in [-0.15, -0.1) is 11.3 Å². The molecule has 0 bridgehead atoms. The third-order valence-corrected chi connectivity index (χ3v) is 4.28. The smallest absolute Gasteiger partial charge is 0.188 e. The van der Waals surface area contributed by atoms with Crippen molar-refractivity contribution in [3.05, 3.63) is 40.0 Å². The Kier molecular flexibility index (Phi) is 3.23. The number of nitrogens with two attached hydrogens (primary N) is 1. The van der Waals surface area contributed by atoms with Crippen molar-refractivity contribution in [1.29, 1.82) is 0 Å². The second-order valence-electron chi connectivity index (χ2n) is 4.43. The van der Waals surface area contributed by atoms with E-state index in [1.807, 2.05) is 38.1 Å². The van der Waals surface area contributed by atoms with Gasteiger partial charge in [-0.1, -0.05) is 28.9 Å². The Labute approximate surface area is 125 Å². The zero-order valence-corrected chi connectivity index (χ0v) is 12.5. The molecule has 2 N–H and O–H groups in total. The number of nitrogen functional groups attached to an aromatic ring is 1. The lowest BCUT2D eigenvalue weighted by Gasteiger charge is -2.02. The molecule has 102 valence electrons. The Morgan fingerprint density at radius 3 is 2.50 bits per heavy atom. The standard InChI is InChI=1S/C14H12ClN3OS/c1-7-13(20-8(2)17-7)12-11(14(16)18-19-12)9-3-5-10(15)6-4-9/h3-6H,1-2H3,(H2,16,18). The lowest BCUT2D eigenvalue weighted by atomic mass is 10.0. The highest BCUT2D eigenvalue weighted by atomic mass is 35.5. The second-order valence-corrected chi connectivity index (χ2v) is 6.07. The van der Waals surface area contributed by atoms with Crippen LogP contribution in [0.2, 0.25) is 5.02 Å². The Morgan fingerprint density at radius 1 is 1.20 bits per heavy atom. The average Bonchev–Trinajstić information content (AvgIpc) is 2.93. The molecule has 0 fully saturated rings. The van der Waals surface area contributed by atoms with Gasteiger partial charge in [-0.05, 0) is 31.5 Å². The van der Waals surface area contributed by atoms with Crippen molar-refractivity contribution in [1.82, 2.24) is 10.1 Å². The normalized spacial score (nSPS) is 10.9. The maximum atomic E-state index is 5.95. The summed E-state index contributed by atoms with van der Waals surface area (Å²) in [6.45, 7) is 3.91. The second kappa shape index (κ2) is 4.92. The molecule has 3 rings (SSSR count). The van der Waals surface area contributed by atoms with Gasteiger partial charge in [-0.2, -0.15) is 0 Å². The number of nitrogens with zero attached hydrogens (tertiary/aromatic N) is 2. The van der Waals surface area contributed by atoms with Crippen LogP contribution in [-0.4, -0.2) is 10.1 Å². The Balaban J connectivity index is 2.19. The maximum Gasteiger partial charge on any atom is 0.188 e. The molecule has 20 heavy (non-hydrogen) atoms. The zero-order valence-electron chi connectivity index (χ0n) is 11.0. The van der Waals surface area contributed by atoms with Crippen molar-refractivity contribution in [2.24, 2.45) is 0 Å². The number of aryl methyl sites for hydroxylation is 2. The van der Waals surface area contributed by atoms with E-state index in [0.29, 0.717) is 16.6 Å². The predicted molar refractivity (Wildman–Crippen MR) is 81.9 cm³/mol. The summed E-state index contributed by atoms with van der Waals surface area (Å²) in [5.74, 6) is 1.03. The van der Waals surface area contributed by atoms with Crippen molar-refractivity contribution in [3.63, 3.8) is 0 Å². The molecule has 0 aliphatic heterocycles. The first-order valence-corrected chi connectivity index (χ1v) is 7.21. The molecule has 6 heteroatoms. The predicted octanol–water partition coefficient (Wildman–Crippen LogP) is 4.32. The van der Waals surface area contributed by atoms with Crippen LogP contribution < -0.4 is 5.73 Å². The minimum atomic E-state index is 0.368. The summed E-state index contributed by atoms with van der Waals surface area (Å²) in [5, 5.41) is 5.55. The summed E-state index contributed by atoms with van der Waals surface area (Å²) in [5.41, 5.74) is 8.58. The summed E-state index contributed by atoms with van der Waals surface area (Å²) in [6, 6.07) is 7.44. The van der Waals surface area contributed by atoms with Crippen LogP contribution in [0, 0.1) is 13.8 Å². The molecule has 0 amide bonds. The highest BCUT2D eigenvalue weighted by molar-refractivity contribution is 7.15. The largest absolute Gasteiger partial charge is 0.380 e. The first-order valence-electron chi connectivity index (χ1n) is 6.01. The van der Waals surface area contributed by atoms with E-state index in [0.717, 1.165) is 26.7 Å². The average molecular weight is 306 g/mol. The lowest BCUT2D eigenvalue weighted by Crippen LogP contribution is -1.88. The number of rotatable bonds is 2. The van der Waals surface area contributed by atoms with Gasteiger partial charge in [0.25, 0.3) is 0 Å². The van der Waals surface area contributed by atoms with Crippen molar-refractivity contribution in [2.45, 2.75) is 13.8 Å². The van der Waals surface area contributed by atoms with Gasteiger partial charge in [0.15, 0.2) is 11.6 Å². The van der Waals surface area contributed by atoms with Crippen LogP contribution in [-0.2, 0) is 0 Å². The zero-order chi connectivity index (χ0) is 14.3. The van der Waals surface area contributed by atoms with Gasteiger partial charge < -0.3 is 10.3 Å². The molecule has 3 aromatic rings. The number of anilines is 1. The minimum absolute atomic E-state index is 0.368. The fraction of sp³-hybridized carbons (Fsp3) is 0.143.